The average molecular weight is 475 g/mol. The molecule has 2 aromatic carbocycles. The summed E-state index contributed by atoms with van der Waals surface area (Å²) in [5, 5.41) is 9.44. The number of rotatable bonds is 6. The molecule has 0 radical (unpaired) electrons. The number of alkyl halides is 3. The van der Waals surface area contributed by atoms with Gasteiger partial charge in [-0.1, -0.05) is 25.0 Å². The lowest BCUT2D eigenvalue weighted by molar-refractivity contribution is -0.139. The van der Waals surface area contributed by atoms with Gasteiger partial charge in [0.25, 0.3) is 0 Å². The summed E-state index contributed by atoms with van der Waals surface area (Å²) in [5.41, 5.74) is 1.21. The first-order chi connectivity index (χ1) is 16.2. The average Bonchev–Trinajstić information content (AvgIpc) is 3.51. The molecule has 0 spiro atoms. The van der Waals surface area contributed by atoms with E-state index in [0.29, 0.717) is 46.4 Å². The van der Waals surface area contributed by atoms with Crippen molar-refractivity contribution >= 4 is 16.9 Å². The van der Waals surface area contributed by atoms with Gasteiger partial charge in [0.15, 0.2) is 5.82 Å². The summed E-state index contributed by atoms with van der Waals surface area (Å²) >= 11 is 0. The molecule has 0 bridgehead atoms. The Morgan fingerprint density at radius 3 is 2.56 bits per heavy atom. The van der Waals surface area contributed by atoms with Gasteiger partial charge in [-0.05, 0) is 60.6 Å². The number of aliphatic carboxylic acids is 1. The number of aryl methyl sites for hydroxylation is 1. The van der Waals surface area contributed by atoms with E-state index in [1.165, 1.54) is 6.07 Å². The van der Waals surface area contributed by atoms with Crippen molar-refractivity contribution in [2.45, 2.75) is 69.7 Å². The topological polar surface area (TPSA) is 51.5 Å². The summed E-state index contributed by atoms with van der Waals surface area (Å²) in [6.45, 7) is 0.470. The molecule has 3 aromatic rings. The number of halogens is 4. The lowest BCUT2D eigenvalue weighted by Crippen LogP contribution is -2.12. The Hall–Kier alpha value is -3.03. The largest absolute Gasteiger partial charge is 0.489 e. The number of benzene rings is 2. The normalized spacial score (nSPS) is 18.5. The van der Waals surface area contributed by atoms with Gasteiger partial charge < -0.3 is 14.4 Å². The van der Waals surface area contributed by atoms with Gasteiger partial charge in [0, 0.05) is 17.8 Å². The summed E-state index contributed by atoms with van der Waals surface area (Å²) in [6.07, 6.45) is -0.534. The molecule has 0 saturated heterocycles. The van der Waals surface area contributed by atoms with Gasteiger partial charge in [0.1, 0.15) is 12.4 Å². The second-order valence-corrected chi connectivity index (χ2v) is 9.30. The third-order valence-corrected chi connectivity index (χ3v) is 7.14. The highest BCUT2D eigenvalue weighted by Gasteiger charge is 2.36. The van der Waals surface area contributed by atoms with E-state index in [1.54, 1.807) is 28.8 Å². The molecule has 34 heavy (non-hydrogen) atoms. The fourth-order valence-corrected chi connectivity index (χ4v) is 5.57. The predicted molar refractivity (Wildman–Crippen MR) is 118 cm³/mol. The van der Waals surface area contributed by atoms with E-state index in [-0.39, 0.29) is 24.9 Å². The van der Waals surface area contributed by atoms with E-state index >= 15 is 4.39 Å². The van der Waals surface area contributed by atoms with Crippen molar-refractivity contribution in [3.63, 3.8) is 0 Å². The Kier molecular flexibility index (Phi) is 5.78. The predicted octanol–water partition coefficient (Wildman–Crippen LogP) is 7.00. The van der Waals surface area contributed by atoms with Crippen LogP contribution in [0.3, 0.4) is 0 Å². The van der Waals surface area contributed by atoms with E-state index in [4.69, 9.17) is 9.84 Å². The number of carboxylic acids is 1. The van der Waals surface area contributed by atoms with Crippen molar-refractivity contribution in [2.24, 2.45) is 0 Å². The van der Waals surface area contributed by atoms with Gasteiger partial charge in [0.05, 0.1) is 23.2 Å². The maximum atomic E-state index is 15.2. The van der Waals surface area contributed by atoms with Crippen molar-refractivity contribution in [3.05, 3.63) is 64.6 Å². The Bertz CT molecular complexity index is 1240. The Balaban J connectivity index is 1.38. The number of ether oxygens (including phenoxy) is 1. The molecular formula is C26H25F4NO3. The first-order valence-electron chi connectivity index (χ1n) is 11.6. The fraction of sp³-hybridized carbons (Fsp3) is 0.423. The second kappa shape index (κ2) is 8.64. The van der Waals surface area contributed by atoms with Gasteiger partial charge in [-0.25, -0.2) is 4.39 Å². The summed E-state index contributed by atoms with van der Waals surface area (Å²) in [5.74, 6) is -1.51. The molecule has 1 fully saturated rings. The van der Waals surface area contributed by atoms with Gasteiger partial charge in [-0.2, -0.15) is 13.2 Å². The van der Waals surface area contributed by atoms with E-state index in [9.17, 15) is 18.0 Å². The lowest BCUT2D eigenvalue weighted by Gasteiger charge is -2.19. The van der Waals surface area contributed by atoms with Gasteiger partial charge in [-0.3, -0.25) is 4.79 Å². The molecule has 1 aliphatic heterocycles. The number of carbonyl (C=O) groups is 1. The summed E-state index contributed by atoms with van der Waals surface area (Å²) in [6, 6.07) is 9.32. The van der Waals surface area contributed by atoms with Crippen molar-refractivity contribution in [1.29, 1.82) is 0 Å². The monoisotopic (exact) mass is 475 g/mol. The van der Waals surface area contributed by atoms with E-state index in [0.717, 1.165) is 31.7 Å². The molecule has 4 nitrogen and oxygen atoms in total. The Labute approximate surface area is 194 Å². The smallest absolute Gasteiger partial charge is 0.416 e. The zero-order valence-corrected chi connectivity index (χ0v) is 18.5. The molecule has 1 N–H and O–H groups in total. The van der Waals surface area contributed by atoms with Crippen LogP contribution in [0.1, 0.15) is 72.7 Å². The van der Waals surface area contributed by atoms with Crippen molar-refractivity contribution < 1.29 is 32.2 Å². The van der Waals surface area contributed by atoms with E-state index < -0.39 is 23.5 Å². The zero-order chi connectivity index (χ0) is 24.0. The zero-order valence-electron chi connectivity index (χ0n) is 18.5. The molecule has 0 amide bonds. The number of fused-ring (bicyclic) bond motifs is 3. The van der Waals surface area contributed by atoms with Crippen LogP contribution in [0, 0.1) is 5.82 Å². The third-order valence-electron chi connectivity index (χ3n) is 7.14. The van der Waals surface area contributed by atoms with Crippen LogP contribution in [0.4, 0.5) is 17.6 Å². The molecule has 5 rings (SSSR count). The van der Waals surface area contributed by atoms with Crippen molar-refractivity contribution in [3.8, 4) is 5.75 Å². The van der Waals surface area contributed by atoms with Crippen LogP contribution in [0.25, 0.3) is 10.9 Å². The minimum absolute atomic E-state index is 0.0567. The highest BCUT2D eigenvalue weighted by atomic mass is 19.4. The lowest BCUT2D eigenvalue weighted by atomic mass is 9.91. The highest BCUT2D eigenvalue weighted by molar-refractivity contribution is 5.84. The minimum atomic E-state index is -4.43. The molecule has 0 unspecified atom stereocenters. The highest BCUT2D eigenvalue weighted by Crippen LogP contribution is 2.42. The molecule has 1 saturated carbocycles. The van der Waals surface area contributed by atoms with Crippen LogP contribution < -0.4 is 4.74 Å². The fourth-order valence-electron chi connectivity index (χ4n) is 5.57. The molecular weight excluding hydrogens is 450 g/mol. The molecule has 1 atom stereocenters. The van der Waals surface area contributed by atoms with E-state index in [2.05, 4.69) is 0 Å². The van der Waals surface area contributed by atoms with Crippen molar-refractivity contribution in [2.75, 3.05) is 0 Å². The number of nitrogens with zero attached hydrogens (tertiary/aromatic N) is 1. The van der Waals surface area contributed by atoms with Crippen LogP contribution in [0.2, 0.25) is 0 Å². The minimum Gasteiger partial charge on any atom is -0.489 e. The van der Waals surface area contributed by atoms with Gasteiger partial charge in [0.2, 0.25) is 0 Å². The number of aromatic nitrogens is 1. The van der Waals surface area contributed by atoms with E-state index in [1.807, 2.05) is 0 Å². The van der Waals surface area contributed by atoms with Crippen molar-refractivity contribution in [1.82, 2.24) is 4.57 Å². The van der Waals surface area contributed by atoms with Crippen LogP contribution in [-0.2, 0) is 24.1 Å². The first-order valence-corrected chi connectivity index (χ1v) is 11.6. The first kappa shape index (κ1) is 22.7. The second-order valence-electron chi connectivity index (χ2n) is 9.30. The molecule has 1 aliphatic carbocycles. The SMILES string of the molecule is O=C(O)C[C@@H]1CCn2c1c(F)c1cc(OCc3ccc(C4CCCC4)c(C(F)(F)F)c3)ccc12. The summed E-state index contributed by atoms with van der Waals surface area (Å²) in [7, 11) is 0. The molecule has 1 aromatic heterocycles. The van der Waals surface area contributed by atoms with Crippen LogP contribution >= 0.6 is 0 Å². The van der Waals surface area contributed by atoms with Crippen LogP contribution in [-0.4, -0.2) is 15.6 Å². The Morgan fingerprint density at radius 1 is 1.09 bits per heavy atom. The summed E-state index contributed by atoms with van der Waals surface area (Å²) < 4.78 is 63.9. The maximum absolute atomic E-state index is 15.2. The number of carboxylic acid groups (broad SMARTS) is 1. The number of hydrogen-bond acceptors (Lipinski definition) is 2. The van der Waals surface area contributed by atoms with Gasteiger partial charge >= 0.3 is 12.1 Å². The molecule has 180 valence electrons. The Morgan fingerprint density at radius 2 is 1.85 bits per heavy atom. The quantitative estimate of drug-likeness (QED) is 0.391. The maximum Gasteiger partial charge on any atom is 0.416 e. The van der Waals surface area contributed by atoms with Crippen LogP contribution in [0.5, 0.6) is 5.75 Å². The molecule has 2 heterocycles. The van der Waals surface area contributed by atoms with Crippen LogP contribution in [0.15, 0.2) is 36.4 Å². The third kappa shape index (κ3) is 4.14. The number of hydrogen-bond donors (Lipinski definition) is 1. The van der Waals surface area contributed by atoms with Gasteiger partial charge in [-0.15, -0.1) is 0 Å². The standard InChI is InChI=1S/C26H25F4NO3/c27-24-20-13-18(6-8-22(20)31-10-9-17(25(24)31)12-23(32)33)34-14-15-5-7-19(16-3-1-2-4-16)21(11-15)26(28,29)30/h5-8,11,13,16-17H,1-4,9-10,12,14H2,(H,32,33)/t17-/m0/s1. The molecule has 2 aliphatic rings. The molecule has 8 heteroatoms. The summed E-state index contributed by atoms with van der Waals surface area (Å²) in [4.78, 5) is 11.1.